The zero-order valence-corrected chi connectivity index (χ0v) is 16.2. The smallest absolute Gasteiger partial charge is 0.220 e. The average molecular weight is 328 g/mol. The molecule has 4 nitrogen and oxygen atoms in total. The highest BCUT2D eigenvalue weighted by Gasteiger charge is 2.34. The molecule has 0 aromatic heterocycles. The molecule has 1 saturated heterocycles. The molecule has 0 aromatic carbocycles. The summed E-state index contributed by atoms with van der Waals surface area (Å²) in [5.41, 5.74) is -0.0379. The molecule has 0 radical (unpaired) electrons. The van der Waals surface area contributed by atoms with Crippen LogP contribution in [-0.2, 0) is 9.53 Å². The average Bonchev–Trinajstić information content (AvgIpc) is 2.41. The lowest BCUT2D eigenvalue weighted by atomic mass is 9.75. The second-order valence-electron chi connectivity index (χ2n) is 8.60. The van der Waals surface area contributed by atoms with E-state index < -0.39 is 0 Å². The molecule has 0 unspecified atom stereocenters. The molecule has 23 heavy (non-hydrogen) atoms. The Bertz CT molecular complexity index is 353. The van der Waals surface area contributed by atoms with Crippen LogP contribution in [0.15, 0.2) is 0 Å². The number of hydrogen-bond donors (Lipinski definition) is 2. The summed E-state index contributed by atoms with van der Waals surface area (Å²) in [5, 5.41) is 3.10. The Balaban J connectivity index is 2.55. The number of likely N-dealkylation sites (N-methyl/N-ethyl adjacent to an activating group) is 1. The van der Waals surface area contributed by atoms with E-state index in [1.54, 1.807) is 0 Å². The van der Waals surface area contributed by atoms with E-state index in [2.05, 4.69) is 47.1 Å². The van der Waals surface area contributed by atoms with E-state index in [1.165, 1.54) is 11.3 Å². The number of hydrogen-bond acceptors (Lipinski definition) is 2. The first-order chi connectivity index (χ1) is 10.7. The maximum atomic E-state index is 12.3. The Morgan fingerprint density at radius 1 is 1.30 bits per heavy atom. The molecule has 0 aromatic rings. The van der Waals surface area contributed by atoms with Gasteiger partial charge in [0.1, 0.15) is 0 Å². The van der Waals surface area contributed by atoms with E-state index in [1.807, 2.05) is 0 Å². The summed E-state index contributed by atoms with van der Waals surface area (Å²) < 4.78 is 5.86. The number of carbonyl (C=O) groups excluding carboxylic acids is 1. The van der Waals surface area contributed by atoms with E-state index in [4.69, 9.17) is 4.74 Å². The topological polar surface area (TPSA) is 42.8 Å². The van der Waals surface area contributed by atoms with Crippen LogP contribution in [0.2, 0.25) is 0 Å². The molecular formula is C19H39N2O2+. The molecule has 4 heteroatoms. The molecule has 136 valence electrons. The van der Waals surface area contributed by atoms with Gasteiger partial charge >= 0.3 is 0 Å². The highest BCUT2D eigenvalue weighted by molar-refractivity contribution is 5.76. The quantitative estimate of drug-likeness (QED) is 0.679. The van der Waals surface area contributed by atoms with Crippen molar-refractivity contribution in [2.24, 2.45) is 17.8 Å². The Hall–Kier alpha value is -0.610. The maximum Gasteiger partial charge on any atom is 0.220 e. The number of quaternary nitrogens is 1. The highest BCUT2D eigenvalue weighted by Crippen LogP contribution is 2.37. The van der Waals surface area contributed by atoms with Gasteiger partial charge in [-0.15, -0.1) is 0 Å². The fourth-order valence-electron chi connectivity index (χ4n) is 3.50. The van der Waals surface area contributed by atoms with Crippen LogP contribution in [0.5, 0.6) is 0 Å². The maximum absolute atomic E-state index is 12.3. The fraction of sp³-hybridized carbons (Fsp3) is 0.947. The van der Waals surface area contributed by atoms with Crippen molar-refractivity contribution in [2.45, 2.75) is 65.4 Å². The summed E-state index contributed by atoms with van der Waals surface area (Å²) in [4.78, 5) is 13.7. The van der Waals surface area contributed by atoms with Crippen molar-refractivity contribution in [2.75, 3.05) is 33.8 Å². The minimum absolute atomic E-state index is 0.0379. The van der Waals surface area contributed by atoms with Crippen LogP contribution in [0.25, 0.3) is 0 Å². The van der Waals surface area contributed by atoms with Crippen molar-refractivity contribution >= 4 is 5.91 Å². The lowest BCUT2D eigenvalue weighted by Crippen LogP contribution is -3.06. The third-order valence-electron chi connectivity index (χ3n) is 4.91. The van der Waals surface area contributed by atoms with Crippen molar-refractivity contribution in [1.82, 2.24) is 5.32 Å². The number of amides is 1. The normalized spacial score (nSPS) is 22.3. The van der Waals surface area contributed by atoms with Crippen molar-refractivity contribution in [3.63, 3.8) is 0 Å². The SMILES string of the molecule is CC(C)CC[C@H](CC(=O)NCC[NH+](C)C)[C@@H]1CCOC(C)(C)C1. The van der Waals surface area contributed by atoms with Gasteiger partial charge in [0.2, 0.25) is 5.91 Å². The molecule has 0 bridgehead atoms. The van der Waals surface area contributed by atoms with Gasteiger partial charge in [-0.05, 0) is 50.9 Å². The van der Waals surface area contributed by atoms with E-state index in [0.29, 0.717) is 24.2 Å². The zero-order valence-electron chi connectivity index (χ0n) is 16.2. The van der Waals surface area contributed by atoms with Gasteiger partial charge in [-0.3, -0.25) is 4.79 Å². The molecule has 1 fully saturated rings. The Morgan fingerprint density at radius 2 is 2.00 bits per heavy atom. The third-order valence-corrected chi connectivity index (χ3v) is 4.91. The molecule has 0 aliphatic carbocycles. The minimum Gasteiger partial charge on any atom is -0.376 e. The standard InChI is InChI=1S/C19H38N2O2/c1-15(2)7-8-16(13-18(22)20-10-11-21(5)6)17-9-12-23-19(3,4)14-17/h15-17H,7-14H2,1-6H3,(H,20,22)/p+1/t16-,17-/m1/s1. The lowest BCUT2D eigenvalue weighted by Gasteiger charge is -2.39. The minimum atomic E-state index is -0.0379. The predicted molar refractivity (Wildman–Crippen MR) is 95.6 cm³/mol. The van der Waals surface area contributed by atoms with Gasteiger partial charge in [0.25, 0.3) is 0 Å². The number of nitrogens with one attached hydrogen (secondary N) is 2. The lowest BCUT2D eigenvalue weighted by molar-refractivity contribution is -0.856. The van der Waals surface area contributed by atoms with E-state index in [9.17, 15) is 4.79 Å². The van der Waals surface area contributed by atoms with Crippen molar-refractivity contribution < 1.29 is 14.4 Å². The Labute approximate surface area is 143 Å². The monoisotopic (exact) mass is 327 g/mol. The largest absolute Gasteiger partial charge is 0.376 e. The molecule has 2 atom stereocenters. The van der Waals surface area contributed by atoms with Crippen LogP contribution in [0.1, 0.15) is 59.8 Å². The summed E-state index contributed by atoms with van der Waals surface area (Å²) in [6, 6.07) is 0. The number of ether oxygens (including phenoxy) is 1. The van der Waals surface area contributed by atoms with Crippen LogP contribution >= 0.6 is 0 Å². The number of carbonyl (C=O) groups is 1. The van der Waals surface area contributed by atoms with Crippen LogP contribution in [0.4, 0.5) is 0 Å². The molecule has 1 heterocycles. The molecule has 2 N–H and O–H groups in total. The summed E-state index contributed by atoms with van der Waals surface area (Å²) in [6.07, 6.45) is 5.21. The summed E-state index contributed by atoms with van der Waals surface area (Å²) >= 11 is 0. The molecule has 0 saturated carbocycles. The first-order valence-electron chi connectivity index (χ1n) is 9.39. The van der Waals surface area contributed by atoms with E-state index in [-0.39, 0.29) is 11.5 Å². The van der Waals surface area contributed by atoms with Gasteiger partial charge in [-0.25, -0.2) is 0 Å². The van der Waals surface area contributed by atoms with Crippen LogP contribution < -0.4 is 10.2 Å². The Kier molecular flexibility index (Phi) is 8.56. The fourth-order valence-corrected chi connectivity index (χ4v) is 3.50. The predicted octanol–water partition coefficient (Wildman–Crippen LogP) is 1.89. The molecular weight excluding hydrogens is 288 g/mol. The van der Waals surface area contributed by atoms with Crippen molar-refractivity contribution in [3.8, 4) is 0 Å². The second kappa shape index (κ2) is 9.63. The molecule has 0 spiro atoms. The van der Waals surface area contributed by atoms with Crippen molar-refractivity contribution in [3.05, 3.63) is 0 Å². The van der Waals surface area contributed by atoms with Crippen LogP contribution in [0, 0.1) is 17.8 Å². The molecule has 1 aliphatic heterocycles. The van der Waals surface area contributed by atoms with Gasteiger partial charge in [-0.2, -0.15) is 0 Å². The summed E-state index contributed by atoms with van der Waals surface area (Å²) in [6.45, 7) is 11.5. The van der Waals surface area contributed by atoms with Gasteiger partial charge in [0.15, 0.2) is 0 Å². The van der Waals surface area contributed by atoms with Crippen LogP contribution in [-0.4, -0.2) is 45.3 Å². The van der Waals surface area contributed by atoms with E-state index >= 15 is 0 Å². The summed E-state index contributed by atoms with van der Waals surface area (Å²) in [7, 11) is 4.23. The molecule has 1 aliphatic rings. The first-order valence-corrected chi connectivity index (χ1v) is 9.39. The van der Waals surface area contributed by atoms with Gasteiger partial charge in [0, 0.05) is 13.0 Å². The van der Waals surface area contributed by atoms with E-state index in [0.717, 1.165) is 39.0 Å². The van der Waals surface area contributed by atoms with Gasteiger partial charge in [0.05, 0.1) is 32.8 Å². The van der Waals surface area contributed by atoms with Gasteiger partial charge < -0.3 is 15.0 Å². The van der Waals surface area contributed by atoms with Gasteiger partial charge in [-0.1, -0.05) is 20.3 Å². The van der Waals surface area contributed by atoms with Crippen LogP contribution in [0.3, 0.4) is 0 Å². The Morgan fingerprint density at radius 3 is 2.57 bits per heavy atom. The molecule has 1 amide bonds. The molecule has 1 rings (SSSR count). The second-order valence-corrected chi connectivity index (χ2v) is 8.60. The zero-order chi connectivity index (χ0) is 17.5. The van der Waals surface area contributed by atoms with Crippen molar-refractivity contribution in [1.29, 1.82) is 0 Å². The summed E-state index contributed by atoms with van der Waals surface area (Å²) in [5.74, 6) is 2.03. The third kappa shape index (κ3) is 8.71. The number of rotatable bonds is 9. The first kappa shape index (κ1) is 20.4. The highest BCUT2D eigenvalue weighted by atomic mass is 16.5.